The van der Waals surface area contributed by atoms with Crippen LogP contribution < -0.4 is 16.6 Å². The standard InChI is InChI=1S/C13H12N6O2/c1-8-2-3-9(7-14)6-10(8)16-13-11(19(20)21)4-5-12(17-13)18-15/h2-6H,15H2,1H3,(H2,16,17,18). The summed E-state index contributed by atoms with van der Waals surface area (Å²) in [6.45, 7) is 1.82. The van der Waals surface area contributed by atoms with Crippen molar-refractivity contribution in [3.63, 3.8) is 0 Å². The highest BCUT2D eigenvalue weighted by atomic mass is 16.6. The molecule has 8 nitrogen and oxygen atoms in total. The fourth-order valence-electron chi connectivity index (χ4n) is 1.73. The topological polar surface area (TPSA) is 130 Å². The minimum atomic E-state index is -0.543. The van der Waals surface area contributed by atoms with E-state index in [1.165, 1.54) is 12.1 Å². The van der Waals surface area contributed by atoms with Gasteiger partial charge in [-0.2, -0.15) is 5.26 Å². The smallest absolute Gasteiger partial charge is 0.311 e. The Morgan fingerprint density at radius 2 is 2.14 bits per heavy atom. The van der Waals surface area contributed by atoms with Crippen molar-refractivity contribution in [3.05, 3.63) is 51.6 Å². The van der Waals surface area contributed by atoms with Gasteiger partial charge in [-0.05, 0) is 30.7 Å². The van der Waals surface area contributed by atoms with E-state index < -0.39 is 4.92 Å². The third-order valence-corrected chi connectivity index (χ3v) is 2.84. The summed E-state index contributed by atoms with van der Waals surface area (Å²) >= 11 is 0. The Kier molecular flexibility index (Phi) is 3.97. The minimum absolute atomic E-state index is 0.0497. The molecule has 2 rings (SSSR count). The van der Waals surface area contributed by atoms with Crippen LogP contribution in [0.15, 0.2) is 30.3 Å². The fraction of sp³-hybridized carbons (Fsp3) is 0.0769. The number of benzene rings is 1. The predicted molar refractivity (Wildman–Crippen MR) is 77.9 cm³/mol. The van der Waals surface area contributed by atoms with Crippen LogP contribution in [0, 0.1) is 28.4 Å². The molecule has 0 aliphatic carbocycles. The van der Waals surface area contributed by atoms with Gasteiger partial charge in [-0.3, -0.25) is 10.1 Å². The van der Waals surface area contributed by atoms with Gasteiger partial charge in [-0.1, -0.05) is 6.07 Å². The molecule has 0 fully saturated rings. The zero-order valence-corrected chi connectivity index (χ0v) is 11.1. The molecule has 0 amide bonds. The number of nitrogens with one attached hydrogen (secondary N) is 2. The van der Waals surface area contributed by atoms with Gasteiger partial charge in [-0.15, -0.1) is 0 Å². The number of anilines is 3. The number of nitrogen functional groups attached to an aromatic ring is 1. The van der Waals surface area contributed by atoms with Gasteiger partial charge < -0.3 is 10.7 Å². The highest BCUT2D eigenvalue weighted by Gasteiger charge is 2.17. The average Bonchev–Trinajstić information content (AvgIpc) is 2.49. The molecule has 0 unspecified atom stereocenters. The maximum atomic E-state index is 11.0. The first-order chi connectivity index (χ1) is 10.0. The van der Waals surface area contributed by atoms with Crippen molar-refractivity contribution in [2.75, 3.05) is 10.7 Å². The van der Waals surface area contributed by atoms with E-state index >= 15 is 0 Å². The first kappa shape index (κ1) is 14.2. The van der Waals surface area contributed by atoms with E-state index in [1.54, 1.807) is 18.2 Å². The summed E-state index contributed by atoms with van der Waals surface area (Å²) in [5, 5.41) is 22.8. The Morgan fingerprint density at radius 1 is 1.38 bits per heavy atom. The number of hydrazine groups is 1. The first-order valence-corrected chi connectivity index (χ1v) is 5.95. The largest absolute Gasteiger partial charge is 0.334 e. The Hall–Kier alpha value is -3.18. The van der Waals surface area contributed by atoms with E-state index in [0.29, 0.717) is 11.3 Å². The van der Waals surface area contributed by atoms with Crippen molar-refractivity contribution in [3.8, 4) is 6.07 Å². The van der Waals surface area contributed by atoms with Crippen molar-refractivity contribution in [1.29, 1.82) is 5.26 Å². The molecule has 0 spiro atoms. The van der Waals surface area contributed by atoms with Crippen LogP contribution in [0.3, 0.4) is 0 Å². The quantitative estimate of drug-likeness (QED) is 0.445. The van der Waals surface area contributed by atoms with Crippen LogP contribution in [0.2, 0.25) is 0 Å². The van der Waals surface area contributed by atoms with Gasteiger partial charge in [0.2, 0.25) is 5.82 Å². The molecule has 8 heteroatoms. The summed E-state index contributed by atoms with van der Waals surface area (Å²) in [6, 6.07) is 9.73. The SMILES string of the molecule is Cc1ccc(C#N)cc1Nc1nc(NN)ccc1[N+](=O)[O-]. The second kappa shape index (κ2) is 5.85. The maximum Gasteiger partial charge on any atom is 0.311 e. The fourth-order valence-corrected chi connectivity index (χ4v) is 1.73. The second-order valence-corrected chi connectivity index (χ2v) is 4.23. The highest BCUT2D eigenvalue weighted by Crippen LogP contribution is 2.28. The van der Waals surface area contributed by atoms with Gasteiger partial charge >= 0.3 is 5.69 Å². The van der Waals surface area contributed by atoms with Crippen molar-refractivity contribution < 1.29 is 4.92 Å². The van der Waals surface area contributed by atoms with Gasteiger partial charge in [0, 0.05) is 11.8 Å². The molecule has 0 aliphatic heterocycles. The Bertz CT molecular complexity index is 738. The van der Waals surface area contributed by atoms with Crippen LogP contribution >= 0.6 is 0 Å². The molecule has 0 bridgehead atoms. The summed E-state index contributed by atoms with van der Waals surface area (Å²) in [6.07, 6.45) is 0. The van der Waals surface area contributed by atoms with E-state index in [9.17, 15) is 10.1 Å². The average molecular weight is 284 g/mol. The summed E-state index contributed by atoms with van der Waals surface area (Å²) < 4.78 is 0. The molecule has 0 saturated carbocycles. The molecule has 0 atom stereocenters. The first-order valence-electron chi connectivity index (χ1n) is 5.95. The van der Waals surface area contributed by atoms with Crippen LogP contribution in [0.25, 0.3) is 0 Å². The number of nitriles is 1. The Balaban J connectivity index is 2.47. The lowest BCUT2D eigenvalue weighted by Crippen LogP contribution is -2.10. The monoisotopic (exact) mass is 284 g/mol. The van der Waals surface area contributed by atoms with Gasteiger partial charge in [0.25, 0.3) is 0 Å². The number of aryl methyl sites for hydroxylation is 1. The van der Waals surface area contributed by atoms with E-state index in [2.05, 4.69) is 15.7 Å². The molecule has 106 valence electrons. The van der Waals surface area contributed by atoms with Crippen LogP contribution in [-0.4, -0.2) is 9.91 Å². The number of nitrogens with zero attached hydrogens (tertiary/aromatic N) is 3. The zero-order chi connectivity index (χ0) is 15.4. The van der Waals surface area contributed by atoms with Crippen molar-refractivity contribution in [2.45, 2.75) is 6.92 Å². The zero-order valence-electron chi connectivity index (χ0n) is 11.1. The molecule has 0 saturated heterocycles. The lowest BCUT2D eigenvalue weighted by Gasteiger charge is -2.10. The number of rotatable bonds is 4. The molecule has 1 heterocycles. The summed E-state index contributed by atoms with van der Waals surface area (Å²) in [5.74, 6) is 5.60. The van der Waals surface area contributed by atoms with Crippen molar-refractivity contribution >= 4 is 23.0 Å². The number of hydrogen-bond acceptors (Lipinski definition) is 7. The van der Waals surface area contributed by atoms with Crippen molar-refractivity contribution in [2.24, 2.45) is 5.84 Å². The molecular weight excluding hydrogens is 272 g/mol. The lowest BCUT2D eigenvalue weighted by atomic mass is 10.1. The molecule has 1 aromatic carbocycles. The normalized spacial score (nSPS) is 9.76. The molecular formula is C13H12N6O2. The lowest BCUT2D eigenvalue weighted by molar-refractivity contribution is -0.384. The number of nitrogens with two attached hydrogens (primary N) is 1. The molecule has 4 N–H and O–H groups in total. The minimum Gasteiger partial charge on any atom is -0.334 e. The van der Waals surface area contributed by atoms with Crippen LogP contribution in [0.4, 0.5) is 23.0 Å². The Morgan fingerprint density at radius 3 is 2.76 bits per heavy atom. The van der Waals surface area contributed by atoms with Gasteiger partial charge in [0.1, 0.15) is 5.82 Å². The number of aromatic nitrogens is 1. The van der Waals surface area contributed by atoms with E-state index in [-0.39, 0.29) is 17.3 Å². The van der Waals surface area contributed by atoms with Crippen LogP contribution in [0.5, 0.6) is 0 Å². The van der Waals surface area contributed by atoms with Crippen LogP contribution in [0.1, 0.15) is 11.1 Å². The van der Waals surface area contributed by atoms with Gasteiger partial charge in [0.05, 0.1) is 16.6 Å². The number of hydrogen-bond donors (Lipinski definition) is 3. The third-order valence-electron chi connectivity index (χ3n) is 2.84. The maximum absolute atomic E-state index is 11.0. The van der Waals surface area contributed by atoms with Gasteiger partial charge in [0.15, 0.2) is 0 Å². The number of nitro groups is 1. The molecule has 21 heavy (non-hydrogen) atoms. The van der Waals surface area contributed by atoms with Gasteiger partial charge in [-0.25, -0.2) is 10.8 Å². The molecule has 0 aliphatic rings. The second-order valence-electron chi connectivity index (χ2n) is 4.23. The number of pyridine rings is 1. The van der Waals surface area contributed by atoms with Crippen LogP contribution in [-0.2, 0) is 0 Å². The summed E-state index contributed by atoms with van der Waals surface area (Å²) in [4.78, 5) is 14.5. The van der Waals surface area contributed by atoms with Crippen molar-refractivity contribution in [1.82, 2.24) is 4.98 Å². The molecule has 2 aromatic rings. The molecule has 1 aromatic heterocycles. The summed E-state index contributed by atoms with van der Waals surface area (Å²) in [7, 11) is 0. The predicted octanol–water partition coefficient (Wildman–Crippen LogP) is 2.20. The Labute approximate surface area is 120 Å². The van der Waals surface area contributed by atoms with E-state index in [1.807, 2.05) is 13.0 Å². The van der Waals surface area contributed by atoms with E-state index in [4.69, 9.17) is 11.1 Å². The highest BCUT2D eigenvalue weighted by molar-refractivity contribution is 5.70. The third kappa shape index (κ3) is 3.05. The summed E-state index contributed by atoms with van der Waals surface area (Å²) in [5.41, 5.74) is 3.99. The van der Waals surface area contributed by atoms with E-state index in [0.717, 1.165) is 5.56 Å². The molecule has 0 radical (unpaired) electrons.